The van der Waals surface area contributed by atoms with Gasteiger partial charge in [-0.1, -0.05) is 15.9 Å². The summed E-state index contributed by atoms with van der Waals surface area (Å²) in [5.41, 5.74) is 2.48. The highest BCUT2D eigenvalue weighted by Gasteiger charge is 2.34. The largest absolute Gasteiger partial charge is 0.392 e. The van der Waals surface area contributed by atoms with Gasteiger partial charge >= 0.3 is 6.18 Å². The molecular weight excluding hydrogens is 451 g/mol. The highest BCUT2D eigenvalue weighted by atomic mass is 79.9. The van der Waals surface area contributed by atoms with Gasteiger partial charge in [0.15, 0.2) is 0 Å². The fraction of sp³-hybridized carbons (Fsp3) is 0.350. The third-order valence-electron chi connectivity index (χ3n) is 4.70. The zero-order chi connectivity index (χ0) is 21.0. The number of carbonyl (C=O) groups is 1. The molecule has 1 heterocycles. The van der Waals surface area contributed by atoms with Crippen molar-refractivity contribution >= 4 is 38.9 Å². The van der Waals surface area contributed by atoms with E-state index in [1.165, 1.54) is 5.69 Å². The van der Waals surface area contributed by atoms with Crippen molar-refractivity contribution in [3.8, 4) is 0 Å². The summed E-state index contributed by atoms with van der Waals surface area (Å²) in [6, 6.07) is 15.0. The van der Waals surface area contributed by atoms with Gasteiger partial charge < -0.3 is 20.2 Å². The van der Waals surface area contributed by atoms with E-state index < -0.39 is 24.6 Å². The molecule has 2 aromatic carbocycles. The van der Waals surface area contributed by atoms with E-state index in [9.17, 15) is 23.1 Å². The molecule has 1 aliphatic rings. The van der Waals surface area contributed by atoms with Gasteiger partial charge in [-0.05, 0) is 48.5 Å². The van der Waals surface area contributed by atoms with E-state index >= 15 is 0 Å². The van der Waals surface area contributed by atoms with Crippen LogP contribution in [0.5, 0.6) is 0 Å². The van der Waals surface area contributed by atoms with Gasteiger partial charge in [0, 0.05) is 47.7 Å². The van der Waals surface area contributed by atoms with Crippen molar-refractivity contribution in [1.82, 2.24) is 0 Å². The second kappa shape index (κ2) is 9.04. The molecule has 3 rings (SSSR count). The Morgan fingerprint density at radius 2 is 1.41 bits per heavy atom. The fourth-order valence-corrected chi connectivity index (χ4v) is 3.43. The molecule has 1 fully saturated rings. The van der Waals surface area contributed by atoms with Crippen LogP contribution in [0.15, 0.2) is 53.0 Å². The summed E-state index contributed by atoms with van der Waals surface area (Å²) >= 11 is 3.43. The Balaban J connectivity index is 1.53. The summed E-state index contributed by atoms with van der Waals surface area (Å²) < 4.78 is 37.8. The Hall–Kier alpha value is -2.26. The molecule has 1 atom stereocenters. The lowest BCUT2D eigenvalue weighted by Crippen LogP contribution is -2.46. The van der Waals surface area contributed by atoms with Crippen molar-refractivity contribution in [2.75, 3.05) is 41.3 Å². The second-order valence-electron chi connectivity index (χ2n) is 6.82. The number of nitrogens with zero attached hydrogens (tertiary/aromatic N) is 2. The van der Waals surface area contributed by atoms with Crippen LogP contribution >= 0.6 is 15.9 Å². The number of nitrogens with one attached hydrogen (secondary N) is 1. The predicted octanol–water partition coefficient (Wildman–Crippen LogP) is 4.03. The summed E-state index contributed by atoms with van der Waals surface area (Å²) in [4.78, 5) is 16.2. The van der Waals surface area contributed by atoms with Crippen LogP contribution in [-0.4, -0.2) is 49.5 Å². The number of halogens is 4. The minimum atomic E-state index is -4.60. The number of benzene rings is 2. The van der Waals surface area contributed by atoms with Crippen LogP contribution in [0.4, 0.5) is 30.2 Å². The van der Waals surface area contributed by atoms with Gasteiger partial charge in [-0.25, -0.2) is 0 Å². The molecule has 0 radical (unpaired) electrons. The minimum Gasteiger partial charge on any atom is -0.383 e. The lowest BCUT2D eigenvalue weighted by atomic mass is 10.2. The van der Waals surface area contributed by atoms with E-state index in [1.807, 2.05) is 12.1 Å². The Morgan fingerprint density at radius 3 is 1.86 bits per heavy atom. The fourth-order valence-electron chi connectivity index (χ4n) is 3.17. The number of amides is 1. The molecule has 9 heteroatoms. The van der Waals surface area contributed by atoms with E-state index in [0.29, 0.717) is 5.69 Å². The average molecular weight is 472 g/mol. The first-order chi connectivity index (χ1) is 13.7. The normalized spacial score (nSPS) is 15.9. The standard InChI is InChI=1S/C20H21BrF3N3O2/c21-14-1-5-16(6-2-14)26-9-11-27(12-10-26)17-7-3-15(4-8-17)25-19(29)18(28)13-20(22,23)24/h1-8,18,28H,9-13H2,(H,25,29). The summed E-state index contributed by atoms with van der Waals surface area (Å²) in [7, 11) is 0. The molecule has 1 amide bonds. The van der Waals surface area contributed by atoms with Crippen LogP contribution in [0.25, 0.3) is 0 Å². The first kappa shape index (κ1) is 21.4. The predicted molar refractivity (Wildman–Crippen MR) is 110 cm³/mol. The first-order valence-corrected chi connectivity index (χ1v) is 9.92. The molecule has 2 N–H and O–H groups in total. The molecule has 0 saturated carbocycles. The lowest BCUT2D eigenvalue weighted by Gasteiger charge is -2.37. The Morgan fingerprint density at radius 1 is 0.966 bits per heavy atom. The zero-order valence-electron chi connectivity index (χ0n) is 15.5. The molecule has 1 unspecified atom stereocenters. The van der Waals surface area contributed by atoms with E-state index in [-0.39, 0.29) is 0 Å². The number of hydrogen-bond donors (Lipinski definition) is 2. The molecule has 0 aliphatic carbocycles. The van der Waals surface area contributed by atoms with Crippen molar-refractivity contribution in [2.24, 2.45) is 0 Å². The minimum absolute atomic E-state index is 0.341. The molecular formula is C20H21BrF3N3O2. The lowest BCUT2D eigenvalue weighted by molar-refractivity contribution is -0.160. The molecule has 1 aliphatic heterocycles. The number of hydrogen-bond acceptors (Lipinski definition) is 4. The zero-order valence-corrected chi connectivity index (χ0v) is 17.1. The number of carbonyl (C=O) groups excluding carboxylic acids is 1. The highest BCUT2D eigenvalue weighted by molar-refractivity contribution is 9.10. The van der Waals surface area contributed by atoms with Gasteiger partial charge in [0.05, 0.1) is 6.42 Å². The molecule has 2 aromatic rings. The van der Waals surface area contributed by atoms with Crippen molar-refractivity contribution in [3.05, 3.63) is 53.0 Å². The van der Waals surface area contributed by atoms with Crippen molar-refractivity contribution < 1.29 is 23.1 Å². The van der Waals surface area contributed by atoms with Gasteiger partial charge in [0.1, 0.15) is 6.10 Å². The van der Waals surface area contributed by atoms with Crippen molar-refractivity contribution in [2.45, 2.75) is 18.7 Å². The molecule has 156 valence electrons. The van der Waals surface area contributed by atoms with E-state index in [0.717, 1.165) is 36.3 Å². The molecule has 0 spiro atoms. The van der Waals surface area contributed by atoms with Crippen molar-refractivity contribution in [3.63, 3.8) is 0 Å². The van der Waals surface area contributed by atoms with Crippen molar-refractivity contribution in [1.29, 1.82) is 0 Å². The highest BCUT2D eigenvalue weighted by Crippen LogP contribution is 2.25. The Labute approximate surface area is 175 Å². The maximum absolute atomic E-state index is 12.3. The molecule has 0 bridgehead atoms. The summed E-state index contributed by atoms with van der Waals surface area (Å²) in [5, 5.41) is 11.7. The van der Waals surface area contributed by atoms with E-state index in [1.54, 1.807) is 24.3 Å². The number of aliphatic hydroxyl groups is 1. The smallest absolute Gasteiger partial charge is 0.383 e. The Kier molecular flexibility index (Phi) is 6.69. The topological polar surface area (TPSA) is 55.8 Å². The van der Waals surface area contributed by atoms with Gasteiger partial charge in [-0.3, -0.25) is 4.79 Å². The molecule has 5 nitrogen and oxygen atoms in total. The third kappa shape index (κ3) is 6.11. The van der Waals surface area contributed by atoms with Gasteiger partial charge in [0.25, 0.3) is 5.91 Å². The number of rotatable bonds is 5. The van der Waals surface area contributed by atoms with E-state index in [4.69, 9.17) is 0 Å². The van der Waals surface area contributed by atoms with Gasteiger partial charge in [0.2, 0.25) is 0 Å². The number of piperazine rings is 1. The van der Waals surface area contributed by atoms with Crippen LogP contribution < -0.4 is 15.1 Å². The average Bonchev–Trinajstić information content (AvgIpc) is 2.68. The van der Waals surface area contributed by atoms with E-state index in [2.05, 4.69) is 43.2 Å². The van der Waals surface area contributed by atoms with Crippen LogP contribution in [-0.2, 0) is 4.79 Å². The first-order valence-electron chi connectivity index (χ1n) is 9.12. The van der Waals surface area contributed by atoms with Crippen LogP contribution in [0.1, 0.15) is 6.42 Å². The summed E-state index contributed by atoms with van der Waals surface area (Å²) in [6.45, 7) is 3.38. The van der Waals surface area contributed by atoms with Gasteiger partial charge in [-0.2, -0.15) is 13.2 Å². The molecule has 29 heavy (non-hydrogen) atoms. The summed E-state index contributed by atoms with van der Waals surface area (Å²) in [6.07, 6.45) is -8.29. The number of alkyl halides is 3. The van der Waals surface area contributed by atoms with Crippen LogP contribution in [0.2, 0.25) is 0 Å². The maximum Gasteiger partial charge on any atom is 0.392 e. The number of aliphatic hydroxyl groups excluding tert-OH is 1. The molecule has 1 saturated heterocycles. The monoisotopic (exact) mass is 471 g/mol. The third-order valence-corrected chi connectivity index (χ3v) is 5.23. The SMILES string of the molecule is O=C(Nc1ccc(N2CCN(c3ccc(Br)cc3)CC2)cc1)C(O)CC(F)(F)F. The van der Waals surface area contributed by atoms with Crippen LogP contribution in [0, 0.1) is 0 Å². The quantitative estimate of drug-likeness (QED) is 0.691. The van der Waals surface area contributed by atoms with Crippen LogP contribution in [0.3, 0.4) is 0 Å². The second-order valence-corrected chi connectivity index (χ2v) is 7.74. The molecule has 0 aromatic heterocycles. The maximum atomic E-state index is 12.3. The number of anilines is 3. The summed E-state index contributed by atoms with van der Waals surface area (Å²) in [5.74, 6) is -1.07. The Bertz CT molecular complexity index is 820. The van der Waals surface area contributed by atoms with Gasteiger partial charge in [-0.15, -0.1) is 0 Å².